The van der Waals surface area contributed by atoms with Gasteiger partial charge in [-0.3, -0.25) is 4.90 Å². The van der Waals surface area contributed by atoms with Crippen molar-refractivity contribution in [3.8, 4) is 5.75 Å². The molecule has 2 aliphatic heterocycles. The minimum absolute atomic E-state index is 0.258. The molecule has 0 aromatic heterocycles. The van der Waals surface area contributed by atoms with Gasteiger partial charge in [0.25, 0.3) is 0 Å². The van der Waals surface area contributed by atoms with Gasteiger partial charge in [0, 0.05) is 38.4 Å². The van der Waals surface area contributed by atoms with Crippen LogP contribution in [0.4, 0.5) is 5.69 Å². The first kappa shape index (κ1) is 22.6. The summed E-state index contributed by atoms with van der Waals surface area (Å²) in [5, 5.41) is 0. The zero-order chi connectivity index (χ0) is 22.2. The van der Waals surface area contributed by atoms with Crippen LogP contribution in [0.25, 0.3) is 0 Å². The molecular weight excluding hydrogens is 404 g/mol. The van der Waals surface area contributed by atoms with Crippen LogP contribution >= 0.6 is 0 Å². The molecule has 0 radical (unpaired) electrons. The smallest absolute Gasteiger partial charge is 0.338 e. The number of carbonyl (C=O) groups is 1. The fourth-order valence-electron chi connectivity index (χ4n) is 4.43. The van der Waals surface area contributed by atoms with Crippen molar-refractivity contribution in [2.75, 3.05) is 64.1 Å². The summed E-state index contributed by atoms with van der Waals surface area (Å²) in [6.45, 7) is 9.61. The standard InChI is InChI=1S/C26H34N2O4/c1-2-31-26(29)23-5-7-24(8-6-23)28-12-11-22(20-28)19-21-3-9-25(10-4-21)32-18-15-27-13-16-30-17-14-27/h3-10,22H,2,11-20H2,1H3. The first-order chi connectivity index (χ1) is 15.7. The number of rotatable bonds is 9. The van der Waals surface area contributed by atoms with Gasteiger partial charge in [-0.2, -0.15) is 0 Å². The molecule has 0 N–H and O–H groups in total. The Kier molecular flexibility index (Phi) is 8.02. The molecule has 0 bridgehead atoms. The van der Waals surface area contributed by atoms with Crippen molar-refractivity contribution in [1.82, 2.24) is 4.90 Å². The van der Waals surface area contributed by atoms with Crippen molar-refractivity contribution >= 4 is 11.7 Å². The molecule has 1 atom stereocenters. The lowest BCUT2D eigenvalue weighted by molar-refractivity contribution is 0.0322. The number of anilines is 1. The first-order valence-electron chi connectivity index (χ1n) is 11.7. The summed E-state index contributed by atoms with van der Waals surface area (Å²) in [4.78, 5) is 16.6. The van der Waals surface area contributed by atoms with Crippen molar-refractivity contribution in [1.29, 1.82) is 0 Å². The average molecular weight is 439 g/mol. The largest absolute Gasteiger partial charge is 0.492 e. The lowest BCUT2D eigenvalue weighted by atomic mass is 9.99. The molecular formula is C26H34N2O4. The maximum Gasteiger partial charge on any atom is 0.338 e. The number of carbonyl (C=O) groups excluding carboxylic acids is 1. The summed E-state index contributed by atoms with van der Waals surface area (Å²) < 4.78 is 16.4. The lowest BCUT2D eigenvalue weighted by Gasteiger charge is -2.26. The van der Waals surface area contributed by atoms with E-state index in [0.717, 1.165) is 58.1 Å². The minimum atomic E-state index is -0.258. The number of morpholine rings is 1. The molecule has 2 fully saturated rings. The summed E-state index contributed by atoms with van der Waals surface area (Å²) in [5.41, 5.74) is 3.14. The summed E-state index contributed by atoms with van der Waals surface area (Å²) in [7, 11) is 0. The van der Waals surface area contributed by atoms with Crippen LogP contribution in [-0.4, -0.2) is 70.0 Å². The Bertz CT molecular complexity index is 847. The molecule has 172 valence electrons. The molecule has 2 aromatic carbocycles. The fraction of sp³-hybridized carbons (Fsp3) is 0.500. The van der Waals surface area contributed by atoms with Gasteiger partial charge in [-0.25, -0.2) is 4.79 Å². The predicted molar refractivity (Wildman–Crippen MR) is 126 cm³/mol. The highest BCUT2D eigenvalue weighted by molar-refractivity contribution is 5.89. The van der Waals surface area contributed by atoms with Gasteiger partial charge >= 0.3 is 5.97 Å². The highest BCUT2D eigenvalue weighted by atomic mass is 16.5. The molecule has 0 spiro atoms. The molecule has 0 amide bonds. The van der Waals surface area contributed by atoms with E-state index in [4.69, 9.17) is 14.2 Å². The van der Waals surface area contributed by atoms with E-state index in [2.05, 4.69) is 34.1 Å². The Morgan fingerprint density at radius 2 is 1.78 bits per heavy atom. The van der Waals surface area contributed by atoms with E-state index in [1.54, 1.807) is 0 Å². The molecule has 2 aromatic rings. The molecule has 2 heterocycles. The number of hydrogen-bond acceptors (Lipinski definition) is 6. The van der Waals surface area contributed by atoms with E-state index < -0.39 is 0 Å². The topological polar surface area (TPSA) is 51.2 Å². The van der Waals surface area contributed by atoms with E-state index in [-0.39, 0.29) is 5.97 Å². The van der Waals surface area contributed by atoms with Gasteiger partial charge < -0.3 is 19.1 Å². The second-order valence-electron chi connectivity index (χ2n) is 8.52. The molecule has 6 nitrogen and oxygen atoms in total. The van der Waals surface area contributed by atoms with Gasteiger partial charge in [-0.05, 0) is 67.6 Å². The van der Waals surface area contributed by atoms with E-state index >= 15 is 0 Å². The monoisotopic (exact) mass is 438 g/mol. The van der Waals surface area contributed by atoms with Crippen molar-refractivity contribution in [3.05, 3.63) is 59.7 Å². The van der Waals surface area contributed by atoms with E-state index in [1.165, 1.54) is 17.7 Å². The fourth-order valence-corrected chi connectivity index (χ4v) is 4.43. The Morgan fingerprint density at radius 1 is 1.03 bits per heavy atom. The summed E-state index contributed by atoms with van der Waals surface area (Å²) in [6, 6.07) is 16.3. The van der Waals surface area contributed by atoms with Crippen LogP contribution in [0.2, 0.25) is 0 Å². The van der Waals surface area contributed by atoms with Crippen LogP contribution in [0.5, 0.6) is 5.75 Å². The Labute approximate surface area is 191 Å². The Hall–Kier alpha value is -2.57. The highest BCUT2D eigenvalue weighted by Crippen LogP contribution is 2.27. The minimum Gasteiger partial charge on any atom is -0.492 e. The number of benzene rings is 2. The van der Waals surface area contributed by atoms with Crippen LogP contribution in [0, 0.1) is 5.92 Å². The summed E-state index contributed by atoms with van der Waals surface area (Å²) in [5.74, 6) is 1.32. The van der Waals surface area contributed by atoms with Gasteiger partial charge in [0.1, 0.15) is 12.4 Å². The summed E-state index contributed by atoms with van der Waals surface area (Å²) in [6.07, 6.45) is 2.25. The maximum atomic E-state index is 11.8. The average Bonchev–Trinajstić information content (AvgIpc) is 3.30. The highest BCUT2D eigenvalue weighted by Gasteiger charge is 2.23. The normalized spacial score (nSPS) is 19.2. The molecule has 4 rings (SSSR count). The third-order valence-electron chi connectivity index (χ3n) is 6.26. The second-order valence-corrected chi connectivity index (χ2v) is 8.52. The van der Waals surface area contributed by atoms with E-state index in [1.807, 2.05) is 31.2 Å². The van der Waals surface area contributed by atoms with E-state index in [9.17, 15) is 4.79 Å². The third kappa shape index (κ3) is 6.24. The Balaban J connectivity index is 1.21. The van der Waals surface area contributed by atoms with Crippen LogP contribution in [0.15, 0.2) is 48.5 Å². The zero-order valence-electron chi connectivity index (χ0n) is 19.0. The maximum absolute atomic E-state index is 11.8. The third-order valence-corrected chi connectivity index (χ3v) is 6.26. The quantitative estimate of drug-likeness (QED) is 0.557. The van der Waals surface area contributed by atoms with Gasteiger partial charge in [0.15, 0.2) is 0 Å². The number of nitrogens with zero attached hydrogens (tertiary/aromatic N) is 2. The van der Waals surface area contributed by atoms with Gasteiger partial charge in [-0.15, -0.1) is 0 Å². The summed E-state index contributed by atoms with van der Waals surface area (Å²) >= 11 is 0. The van der Waals surface area contributed by atoms with Gasteiger partial charge in [0.05, 0.1) is 25.4 Å². The zero-order valence-corrected chi connectivity index (χ0v) is 19.0. The number of hydrogen-bond donors (Lipinski definition) is 0. The first-order valence-corrected chi connectivity index (χ1v) is 11.7. The molecule has 0 aliphatic carbocycles. The number of ether oxygens (including phenoxy) is 3. The van der Waals surface area contributed by atoms with Crippen LogP contribution in [0.3, 0.4) is 0 Å². The van der Waals surface area contributed by atoms with Gasteiger partial charge in [0.2, 0.25) is 0 Å². The molecule has 6 heteroatoms. The molecule has 32 heavy (non-hydrogen) atoms. The molecule has 1 unspecified atom stereocenters. The van der Waals surface area contributed by atoms with Crippen LogP contribution in [-0.2, 0) is 15.9 Å². The SMILES string of the molecule is CCOC(=O)c1ccc(N2CCC(Cc3ccc(OCCN4CCOCC4)cc3)C2)cc1. The molecule has 0 saturated carbocycles. The second kappa shape index (κ2) is 11.3. The molecule has 2 saturated heterocycles. The Morgan fingerprint density at radius 3 is 2.50 bits per heavy atom. The van der Waals surface area contributed by atoms with E-state index in [0.29, 0.717) is 24.7 Å². The predicted octanol–water partition coefficient (Wildman–Crippen LogP) is 3.64. The van der Waals surface area contributed by atoms with Crippen LogP contribution in [0.1, 0.15) is 29.3 Å². The number of esters is 1. The van der Waals surface area contributed by atoms with Gasteiger partial charge in [-0.1, -0.05) is 12.1 Å². The van der Waals surface area contributed by atoms with Crippen molar-refractivity contribution in [2.24, 2.45) is 5.92 Å². The molecule has 2 aliphatic rings. The van der Waals surface area contributed by atoms with Crippen molar-refractivity contribution in [3.63, 3.8) is 0 Å². The lowest BCUT2D eigenvalue weighted by Crippen LogP contribution is -2.38. The van der Waals surface area contributed by atoms with Crippen molar-refractivity contribution < 1.29 is 19.0 Å². The van der Waals surface area contributed by atoms with Crippen molar-refractivity contribution in [2.45, 2.75) is 19.8 Å². The van der Waals surface area contributed by atoms with Crippen LogP contribution < -0.4 is 9.64 Å².